The molecule has 1 aromatic heterocycles. The zero-order valence-electron chi connectivity index (χ0n) is 22.2. The standard InChI is InChI=1S/C25H37F3N6O3S/c1-15(2)32(4)38(35,36)34-7-5-17(6-8-34)16(3)37-18-11-30-25(31-12-18)33-13-20(24(29)14-33)19-9-22(27)23(28)10-21(19)26/h9-12,15-17,20,22-24H,5-8,13-14,29H2,1-4H3/t16-,20+,22?,23?,24-/m0/s1. The van der Waals surface area contributed by atoms with Crippen LogP contribution < -0.4 is 15.4 Å². The number of aromatic nitrogens is 2. The highest BCUT2D eigenvalue weighted by Crippen LogP contribution is 2.35. The third-order valence-electron chi connectivity index (χ3n) is 7.79. The maximum Gasteiger partial charge on any atom is 0.281 e. The summed E-state index contributed by atoms with van der Waals surface area (Å²) >= 11 is 0. The van der Waals surface area contributed by atoms with Crippen LogP contribution in [0.1, 0.15) is 33.6 Å². The molecule has 0 radical (unpaired) electrons. The summed E-state index contributed by atoms with van der Waals surface area (Å²) in [6.45, 7) is 7.14. The maximum atomic E-state index is 14.3. The van der Waals surface area contributed by atoms with Crippen molar-refractivity contribution in [2.75, 3.05) is 38.1 Å². The lowest BCUT2D eigenvalue weighted by Gasteiger charge is -2.36. The van der Waals surface area contributed by atoms with E-state index < -0.39 is 40.3 Å². The Kier molecular flexibility index (Phi) is 8.70. The van der Waals surface area contributed by atoms with Crippen molar-refractivity contribution in [2.45, 2.75) is 64.1 Å². The fourth-order valence-corrected chi connectivity index (χ4v) is 6.73. The highest BCUT2D eigenvalue weighted by molar-refractivity contribution is 7.86. The quantitative estimate of drug-likeness (QED) is 0.523. The van der Waals surface area contributed by atoms with E-state index in [9.17, 15) is 21.6 Å². The number of halogens is 3. The Hall–Kier alpha value is -2.22. The van der Waals surface area contributed by atoms with E-state index in [1.165, 1.54) is 8.61 Å². The lowest BCUT2D eigenvalue weighted by Crippen LogP contribution is -2.49. The average molecular weight is 559 g/mol. The number of anilines is 1. The van der Waals surface area contributed by atoms with Crippen molar-refractivity contribution >= 4 is 16.2 Å². The monoisotopic (exact) mass is 558 g/mol. The van der Waals surface area contributed by atoms with Crippen LogP contribution in [0.2, 0.25) is 0 Å². The first-order valence-corrected chi connectivity index (χ1v) is 14.4. The van der Waals surface area contributed by atoms with E-state index in [4.69, 9.17) is 10.5 Å². The van der Waals surface area contributed by atoms with Gasteiger partial charge in [-0.25, -0.2) is 23.1 Å². The molecule has 0 bridgehead atoms. The van der Waals surface area contributed by atoms with Crippen LogP contribution >= 0.6 is 0 Å². The third-order valence-corrected chi connectivity index (χ3v) is 9.96. The van der Waals surface area contributed by atoms with Crippen molar-refractivity contribution in [3.63, 3.8) is 0 Å². The molecule has 0 saturated carbocycles. The van der Waals surface area contributed by atoms with Gasteiger partial charge in [0.15, 0.2) is 18.1 Å². The molecule has 2 saturated heterocycles. The first-order chi connectivity index (χ1) is 17.9. The molecule has 212 valence electrons. The molecule has 2 fully saturated rings. The Balaban J connectivity index is 1.32. The Bertz CT molecular complexity index is 1140. The molecule has 0 spiro atoms. The molecule has 3 heterocycles. The minimum absolute atomic E-state index is 0.0878. The van der Waals surface area contributed by atoms with Crippen molar-refractivity contribution in [1.82, 2.24) is 18.6 Å². The van der Waals surface area contributed by atoms with Crippen LogP contribution in [0.15, 0.2) is 35.9 Å². The molecule has 0 aromatic carbocycles. The molecular weight excluding hydrogens is 521 g/mol. The van der Waals surface area contributed by atoms with E-state index >= 15 is 0 Å². The van der Waals surface area contributed by atoms with Gasteiger partial charge in [-0.15, -0.1) is 0 Å². The van der Waals surface area contributed by atoms with E-state index in [2.05, 4.69) is 9.97 Å². The SMILES string of the molecule is CC(C)N(C)S(=O)(=O)N1CCC([C@H](C)Oc2cnc(N3C[C@H](C4=CC(F)C(F)C=C4F)[C@@H](N)C3)nc2)CC1. The number of rotatable bonds is 8. The molecule has 38 heavy (non-hydrogen) atoms. The van der Waals surface area contributed by atoms with E-state index in [0.717, 1.165) is 6.08 Å². The summed E-state index contributed by atoms with van der Waals surface area (Å²) in [5.41, 5.74) is 6.30. The first-order valence-electron chi connectivity index (χ1n) is 13.0. The fraction of sp³-hybridized carbons (Fsp3) is 0.680. The van der Waals surface area contributed by atoms with Gasteiger partial charge in [-0.05, 0) is 57.3 Å². The predicted octanol–water partition coefficient (Wildman–Crippen LogP) is 2.77. The van der Waals surface area contributed by atoms with Gasteiger partial charge in [0.25, 0.3) is 10.2 Å². The second kappa shape index (κ2) is 11.5. The van der Waals surface area contributed by atoms with Crippen LogP contribution in [-0.4, -0.2) is 90.8 Å². The average Bonchev–Trinajstić information content (AvgIpc) is 3.27. The highest BCUT2D eigenvalue weighted by Gasteiger charge is 2.38. The number of hydrogen-bond donors (Lipinski definition) is 1. The predicted molar refractivity (Wildman–Crippen MR) is 139 cm³/mol. The summed E-state index contributed by atoms with van der Waals surface area (Å²) in [4.78, 5) is 10.5. The fourth-order valence-electron chi connectivity index (χ4n) is 5.16. The molecule has 1 aromatic rings. The normalized spacial score (nSPS) is 28.5. The van der Waals surface area contributed by atoms with Crippen molar-refractivity contribution in [2.24, 2.45) is 17.6 Å². The molecule has 4 rings (SSSR count). The summed E-state index contributed by atoms with van der Waals surface area (Å²) in [6, 6.07) is -0.600. The van der Waals surface area contributed by atoms with Crippen LogP contribution in [0.3, 0.4) is 0 Å². The van der Waals surface area contributed by atoms with Gasteiger partial charge >= 0.3 is 0 Å². The van der Waals surface area contributed by atoms with E-state index in [1.807, 2.05) is 20.8 Å². The molecule has 13 heteroatoms. The number of alkyl halides is 2. The summed E-state index contributed by atoms with van der Waals surface area (Å²) in [5.74, 6) is -0.238. The largest absolute Gasteiger partial charge is 0.487 e. The first kappa shape index (κ1) is 28.8. The van der Waals surface area contributed by atoms with Crippen molar-refractivity contribution < 1.29 is 26.3 Å². The molecule has 2 unspecified atom stereocenters. The zero-order chi connectivity index (χ0) is 27.8. The second-order valence-electron chi connectivity index (χ2n) is 10.6. The number of ether oxygens (including phenoxy) is 1. The van der Waals surface area contributed by atoms with Crippen molar-refractivity contribution in [3.8, 4) is 5.75 Å². The van der Waals surface area contributed by atoms with Gasteiger partial charge in [0.1, 0.15) is 5.83 Å². The Morgan fingerprint density at radius 2 is 1.68 bits per heavy atom. The molecular formula is C25H37F3N6O3S. The van der Waals surface area contributed by atoms with Crippen molar-refractivity contribution in [1.29, 1.82) is 0 Å². The van der Waals surface area contributed by atoms with Gasteiger partial charge in [0.05, 0.1) is 18.5 Å². The van der Waals surface area contributed by atoms with E-state index in [1.54, 1.807) is 24.3 Å². The molecule has 9 nitrogen and oxygen atoms in total. The molecule has 2 aliphatic heterocycles. The van der Waals surface area contributed by atoms with Crippen LogP contribution in [0.5, 0.6) is 5.75 Å². The number of hydrogen-bond acceptors (Lipinski definition) is 7. The van der Waals surface area contributed by atoms with Gasteiger partial charge in [0, 0.05) is 51.2 Å². The van der Waals surface area contributed by atoms with Crippen LogP contribution in [0.25, 0.3) is 0 Å². The minimum Gasteiger partial charge on any atom is -0.487 e. The Labute approximate surface area is 222 Å². The van der Waals surface area contributed by atoms with E-state index in [-0.39, 0.29) is 30.2 Å². The summed E-state index contributed by atoms with van der Waals surface area (Å²) in [6.07, 6.45) is 2.08. The Morgan fingerprint density at radius 3 is 2.29 bits per heavy atom. The van der Waals surface area contributed by atoms with Gasteiger partial charge in [-0.2, -0.15) is 17.0 Å². The van der Waals surface area contributed by atoms with Crippen LogP contribution in [0.4, 0.5) is 19.1 Å². The molecule has 2 N–H and O–H groups in total. The van der Waals surface area contributed by atoms with Gasteiger partial charge in [-0.1, -0.05) is 0 Å². The summed E-state index contributed by atoms with van der Waals surface area (Å²) in [7, 11) is -1.88. The summed E-state index contributed by atoms with van der Waals surface area (Å²) < 4.78 is 76.1. The number of nitrogens with two attached hydrogens (primary N) is 1. The van der Waals surface area contributed by atoms with Gasteiger partial charge < -0.3 is 15.4 Å². The van der Waals surface area contributed by atoms with Crippen molar-refractivity contribution in [3.05, 3.63) is 35.9 Å². The number of piperidine rings is 1. The molecule has 1 aliphatic carbocycles. The van der Waals surface area contributed by atoms with Gasteiger partial charge in [-0.3, -0.25) is 0 Å². The third kappa shape index (κ3) is 6.00. The van der Waals surface area contributed by atoms with Crippen LogP contribution in [-0.2, 0) is 10.2 Å². The topological polar surface area (TPSA) is 105 Å². The smallest absolute Gasteiger partial charge is 0.281 e. The van der Waals surface area contributed by atoms with E-state index in [0.29, 0.717) is 50.2 Å². The number of allylic oxidation sites excluding steroid dienone is 3. The number of nitrogens with zero attached hydrogens (tertiary/aromatic N) is 5. The van der Waals surface area contributed by atoms with Gasteiger partial charge in [0.2, 0.25) is 5.95 Å². The second-order valence-corrected chi connectivity index (χ2v) is 12.6. The minimum atomic E-state index is -3.48. The lowest BCUT2D eigenvalue weighted by atomic mass is 9.89. The maximum absolute atomic E-state index is 14.3. The Morgan fingerprint density at radius 1 is 1.08 bits per heavy atom. The van der Waals surface area contributed by atoms with Crippen LogP contribution in [0, 0.1) is 11.8 Å². The molecule has 3 aliphatic rings. The molecule has 5 atom stereocenters. The lowest BCUT2D eigenvalue weighted by molar-refractivity contribution is 0.109. The zero-order valence-corrected chi connectivity index (χ0v) is 23.0. The molecule has 0 amide bonds. The highest BCUT2D eigenvalue weighted by atomic mass is 32.2. The summed E-state index contributed by atoms with van der Waals surface area (Å²) in [5, 5.41) is 0.